The van der Waals surface area contributed by atoms with Crippen molar-refractivity contribution < 1.29 is 9.47 Å². The van der Waals surface area contributed by atoms with Crippen LogP contribution in [-0.4, -0.2) is 38.8 Å². The van der Waals surface area contributed by atoms with Crippen LogP contribution in [0.15, 0.2) is 6.07 Å². The second-order valence-electron chi connectivity index (χ2n) is 4.82. The molecule has 1 aliphatic rings. The van der Waals surface area contributed by atoms with E-state index in [4.69, 9.17) is 32.7 Å². The summed E-state index contributed by atoms with van der Waals surface area (Å²) in [5.41, 5.74) is 2.15. The van der Waals surface area contributed by atoms with Crippen molar-refractivity contribution in [1.82, 2.24) is 0 Å². The molecule has 0 bridgehead atoms. The van der Waals surface area contributed by atoms with Crippen LogP contribution in [0.1, 0.15) is 18.1 Å². The van der Waals surface area contributed by atoms with Crippen molar-refractivity contribution in [2.45, 2.75) is 19.4 Å². The van der Waals surface area contributed by atoms with Crippen molar-refractivity contribution in [1.29, 1.82) is 5.26 Å². The molecule has 2 rings (SSSR count). The molecule has 0 unspecified atom stereocenters. The fraction of sp³-hybridized carbons (Fsp3) is 0.533. The van der Waals surface area contributed by atoms with E-state index >= 15 is 0 Å². The topological polar surface area (TPSA) is 45.5 Å². The number of methoxy groups -OCH3 is 1. The van der Waals surface area contributed by atoms with Crippen molar-refractivity contribution in [2.24, 2.45) is 0 Å². The number of benzene rings is 1. The Balaban J connectivity index is 2.49. The first-order valence-electron chi connectivity index (χ1n) is 6.88. The molecule has 1 fully saturated rings. The average molecular weight is 329 g/mol. The maximum absolute atomic E-state index is 9.43. The highest BCUT2D eigenvalue weighted by Gasteiger charge is 2.32. The van der Waals surface area contributed by atoms with Gasteiger partial charge in [-0.2, -0.15) is 5.26 Å². The molecule has 0 aromatic heterocycles. The van der Waals surface area contributed by atoms with Crippen LogP contribution in [0.5, 0.6) is 5.75 Å². The normalized spacial score (nSPS) is 14.7. The predicted octanol–water partition coefficient (Wildman–Crippen LogP) is 3.23. The second-order valence-corrected chi connectivity index (χ2v) is 5.60. The number of hydrogen-bond acceptors (Lipinski definition) is 4. The second kappa shape index (κ2) is 7.22. The number of nitrogens with zero attached hydrogens (tertiary/aromatic N) is 2. The number of aryl methyl sites for hydroxylation is 1. The number of halogens is 2. The van der Waals surface area contributed by atoms with E-state index in [-0.39, 0.29) is 6.10 Å². The van der Waals surface area contributed by atoms with E-state index in [0.29, 0.717) is 35.2 Å². The third kappa shape index (κ3) is 3.21. The third-order valence-electron chi connectivity index (χ3n) is 3.55. The van der Waals surface area contributed by atoms with Gasteiger partial charge in [0.25, 0.3) is 0 Å². The van der Waals surface area contributed by atoms with E-state index in [2.05, 4.69) is 11.0 Å². The minimum absolute atomic E-state index is 0.182. The molecule has 0 saturated carbocycles. The van der Waals surface area contributed by atoms with Crippen LogP contribution in [0, 0.1) is 11.3 Å². The summed E-state index contributed by atoms with van der Waals surface area (Å²) in [4.78, 5) is 2.07. The van der Waals surface area contributed by atoms with Crippen molar-refractivity contribution in [3.63, 3.8) is 0 Å². The lowest BCUT2D eigenvalue weighted by atomic mass is 10.0. The van der Waals surface area contributed by atoms with E-state index in [1.165, 1.54) is 0 Å². The first kappa shape index (κ1) is 16.2. The third-order valence-corrected chi connectivity index (χ3v) is 4.03. The summed E-state index contributed by atoms with van der Waals surface area (Å²) in [5.74, 6) is 1.19. The average Bonchev–Trinajstić information content (AvgIpc) is 2.41. The largest absolute Gasteiger partial charge is 0.491 e. The van der Waals surface area contributed by atoms with Crippen LogP contribution >= 0.6 is 23.2 Å². The Hall–Kier alpha value is -1.15. The summed E-state index contributed by atoms with van der Waals surface area (Å²) in [5, 5.41) is 9.87. The summed E-state index contributed by atoms with van der Waals surface area (Å²) in [7, 11) is 1.69. The smallest absolute Gasteiger partial charge is 0.147 e. The Morgan fingerprint density at radius 2 is 2.19 bits per heavy atom. The van der Waals surface area contributed by atoms with Gasteiger partial charge in [-0.25, -0.2) is 0 Å². The van der Waals surface area contributed by atoms with Crippen LogP contribution in [-0.2, 0) is 11.2 Å². The maximum Gasteiger partial charge on any atom is 0.147 e. The highest BCUT2D eigenvalue weighted by atomic mass is 35.5. The van der Waals surface area contributed by atoms with Gasteiger partial charge in [-0.15, -0.1) is 11.6 Å². The van der Waals surface area contributed by atoms with Gasteiger partial charge in [-0.05, 0) is 25.0 Å². The Morgan fingerprint density at radius 3 is 2.71 bits per heavy atom. The molecule has 114 valence electrons. The lowest BCUT2D eigenvalue weighted by Gasteiger charge is -2.41. The van der Waals surface area contributed by atoms with Crippen molar-refractivity contribution in [2.75, 3.05) is 37.6 Å². The minimum atomic E-state index is 0.182. The highest BCUT2D eigenvalue weighted by molar-refractivity contribution is 6.32. The van der Waals surface area contributed by atoms with Gasteiger partial charge < -0.3 is 14.4 Å². The zero-order valence-corrected chi connectivity index (χ0v) is 13.7. The van der Waals surface area contributed by atoms with E-state index in [1.54, 1.807) is 13.2 Å². The van der Waals surface area contributed by atoms with Crippen molar-refractivity contribution in [3.8, 4) is 11.8 Å². The Morgan fingerprint density at radius 1 is 1.48 bits per heavy atom. The van der Waals surface area contributed by atoms with Gasteiger partial charge in [0.1, 0.15) is 11.8 Å². The molecule has 21 heavy (non-hydrogen) atoms. The van der Waals surface area contributed by atoms with Crippen LogP contribution < -0.4 is 9.64 Å². The minimum Gasteiger partial charge on any atom is -0.491 e. The maximum atomic E-state index is 9.43. The van der Waals surface area contributed by atoms with E-state index in [9.17, 15) is 5.26 Å². The van der Waals surface area contributed by atoms with E-state index < -0.39 is 0 Å². The molecule has 1 aliphatic heterocycles. The summed E-state index contributed by atoms with van der Waals surface area (Å²) >= 11 is 12.1. The van der Waals surface area contributed by atoms with Crippen LogP contribution in [0.2, 0.25) is 5.02 Å². The predicted molar refractivity (Wildman–Crippen MR) is 84.8 cm³/mol. The van der Waals surface area contributed by atoms with E-state index in [0.717, 1.165) is 24.3 Å². The summed E-state index contributed by atoms with van der Waals surface area (Å²) in [6.07, 6.45) is 0.832. The summed E-state index contributed by atoms with van der Waals surface area (Å²) in [6.45, 7) is 3.90. The zero-order valence-electron chi connectivity index (χ0n) is 12.2. The molecule has 0 amide bonds. The fourth-order valence-corrected chi connectivity index (χ4v) is 2.91. The molecule has 0 radical (unpaired) electrons. The van der Waals surface area contributed by atoms with Crippen LogP contribution in [0.4, 0.5) is 5.69 Å². The van der Waals surface area contributed by atoms with Crippen LogP contribution in [0.3, 0.4) is 0 Å². The molecule has 1 heterocycles. The zero-order chi connectivity index (χ0) is 15.4. The lowest BCUT2D eigenvalue weighted by molar-refractivity contribution is 0.0784. The standard InChI is InChI=1S/C15H18Cl2N2O2/c1-3-21-15-10(4-5-16)6-13(17)12(7-18)14(15)19-8-11(9-19)20-2/h6,11H,3-5,8-9H2,1-2H3. The summed E-state index contributed by atoms with van der Waals surface area (Å²) < 4.78 is 11.1. The highest BCUT2D eigenvalue weighted by Crippen LogP contribution is 2.42. The molecule has 0 N–H and O–H groups in total. The molecule has 6 heteroatoms. The number of ether oxygens (including phenoxy) is 2. The molecular formula is C15H18Cl2N2O2. The number of nitriles is 1. The molecule has 1 aromatic carbocycles. The fourth-order valence-electron chi connectivity index (χ4n) is 2.44. The number of alkyl halides is 1. The number of anilines is 1. The first-order chi connectivity index (χ1) is 10.2. The van der Waals surface area contributed by atoms with Crippen LogP contribution in [0.25, 0.3) is 0 Å². The Bertz CT molecular complexity index is 552. The number of rotatable bonds is 6. The molecule has 0 spiro atoms. The molecule has 4 nitrogen and oxygen atoms in total. The van der Waals surface area contributed by atoms with Gasteiger partial charge in [0.05, 0.1) is 29.0 Å². The van der Waals surface area contributed by atoms with Gasteiger partial charge in [0.15, 0.2) is 0 Å². The molecular weight excluding hydrogens is 311 g/mol. The summed E-state index contributed by atoms with van der Waals surface area (Å²) in [6, 6.07) is 3.97. The Labute approximate surface area is 135 Å². The van der Waals surface area contributed by atoms with Gasteiger partial charge >= 0.3 is 0 Å². The SMILES string of the molecule is CCOc1c(CCCl)cc(Cl)c(C#N)c1N1CC(OC)C1. The van der Waals surface area contributed by atoms with Crippen molar-refractivity contribution in [3.05, 3.63) is 22.2 Å². The van der Waals surface area contributed by atoms with Crippen molar-refractivity contribution >= 4 is 28.9 Å². The Kier molecular flexibility index (Phi) is 5.58. The van der Waals surface area contributed by atoms with E-state index in [1.807, 2.05) is 6.92 Å². The molecule has 1 saturated heterocycles. The quantitative estimate of drug-likeness (QED) is 0.752. The first-order valence-corrected chi connectivity index (χ1v) is 7.79. The van der Waals surface area contributed by atoms with Gasteiger partial charge in [0.2, 0.25) is 0 Å². The van der Waals surface area contributed by atoms with Gasteiger partial charge in [-0.3, -0.25) is 0 Å². The molecule has 0 aliphatic carbocycles. The molecule has 0 atom stereocenters. The van der Waals surface area contributed by atoms with Gasteiger partial charge in [0, 0.05) is 26.1 Å². The molecule has 1 aromatic rings. The van der Waals surface area contributed by atoms with Gasteiger partial charge in [-0.1, -0.05) is 11.6 Å². The lowest BCUT2D eigenvalue weighted by Crippen LogP contribution is -2.52. The number of hydrogen-bond donors (Lipinski definition) is 0. The monoisotopic (exact) mass is 328 g/mol.